The molecule has 2 amide bonds. The van der Waals surface area contributed by atoms with E-state index in [2.05, 4.69) is 5.10 Å². The SMILES string of the molecule is C[C@H](COCCN(C(=O)OC(C)(C)C)C(=O)OC(C)(C)C)n1nccc1B1OC(C)(C)C(C)(C)O1. The smallest absolute Gasteiger partial charge is 0.443 e. The predicted octanol–water partition coefficient (Wildman–Crippen LogP) is 3.93. The number of aromatic nitrogens is 2. The summed E-state index contributed by atoms with van der Waals surface area (Å²) in [4.78, 5) is 26.1. The first-order valence-electron chi connectivity index (χ1n) is 12.0. The van der Waals surface area contributed by atoms with Gasteiger partial charge in [0.25, 0.3) is 0 Å². The van der Waals surface area contributed by atoms with Crippen LogP contribution >= 0.6 is 0 Å². The minimum absolute atomic E-state index is 0.0141. The molecule has 0 unspecified atom stereocenters. The lowest BCUT2D eigenvalue weighted by Gasteiger charge is -2.32. The largest absolute Gasteiger partial charge is 0.514 e. The van der Waals surface area contributed by atoms with Crippen molar-refractivity contribution in [1.29, 1.82) is 0 Å². The average molecular weight is 495 g/mol. The van der Waals surface area contributed by atoms with Crippen molar-refractivity contribution in [2.75, 3.05) is 19.8 Å². The van der Waals surface area contributed by atoms with Crippen molar-refractivity contribution in [2.45, 2.75) is 105 Å². The molecular formula is C24H42BN3O7. The number of rotatable bonds is 7. The molecule has 0 radical (unpaired) electrons. The highest BCUT2D eigenvalue weighted by atomic mass is 16.7. The zero-order chi connectivity index (χ0) is 26.8. The fraction of sp³-hybridized carbons (Fsp3) is 0.792. The summed E-state index contributed by atoms with van der Waals surface area (Å²) in [5.41, 5.74) is -1.63. The number of nitrogens with zero attached hydrogens (tertiary/aromatic N) is 3. The lowest BCUT2D eigenvalue weighted by atomic mass is 9.84. The van der Waals surface area contributed by atoms with Crippen LogP contribution in [-0.2, 0) is 23.5 Å². The Balaban J connectivity index is 1.98. The minimum Gasteiger partial charge on any atom is -0.443 e. The third-order valence-corrected chi connectivity index (χ3v) is 5.66. The molecule has 35 heavy (non-hydrogen) atoms. The molecule has 1 fully saturated rings. The van der Waals surface area contributed by atoms with Gasteiger partial charge >= 0.3 is 19.3 Å². The van der Waals surface area contributed by atoms with Crippen molar-refractivity contribution in [1.82, 2.24) is 14.7 Å². The van der Waals surface area contributed by atoms with Crippen molar-refractivity contribution in [3.8, 4) is 0 Å². The number of amides is 2. The van der Waals surface area contributed by atoms with E-state index >= 15 is 0 Å². The molecule has 2 rings (SSSR count). The van der Waals surface area contributed by atoms with Crippen LogP contribution in [-0.4, -0.2) is 76.1 Å². The monoisotopic (exact) mass is 495 g/mol. The lowest BCUT2D eigenvalue weighted by Crippen LogP contribution is -2.45. The number of carbonyl (C=O) groups is 2. The molecule has 1 saturated heterocycles. The van der Waals surface area contributed by atoms with E-state index < -0.39 is 41.7 Å². The first kappa shape index (κ1) is 29.1. The maximum absolute atomic E-state index is 12.6. The van der Waals surface area contributed by atoms with Gasteiger partial charge in [-0.3, -0.25) is 4.68 Å². The third-order valence-electron chi connectivity index (χ3n) is 5.66. The molecule has 1 aromatic rings. The van der Waals surface area contributed by atoms with Gasteiger partial charge in [-0.2, -0.15) is 5.10 Å². The Kier molecular flexibility index (Phi) is 8.72. The zero-order valence-corrected chi connectivity index (χ0v) is 23.1. The molecule has 0 aromatic carbocycles. The molecule has 0 spiro atoms. The van der Waals surface area contributed by atoms with Crippen LogP contribution in [0.2, 0.25) is 0 Å². The quantitative estimate of drug-likeness (QED) is 0.414. The first-order valence-corrected chi connectivity index (χ1v) is 12.0. The summed E-state index contributed by atoms with van der Waals surface area (Å²) in [5, 5.41) is 4.43. The van der Waals surface area contributed by atoms with Gasteiger partial charge < -0.3 is 23.5 Å². The molecule has 11 heteroatoms. The zero-order valence-electron chi connectivity index (χ0n) is 23.1. The normalized spacial score (nSPS) is 18.3. The molecule has 0 N–H and O–H groups in total. The molecule has 1 aromatic heterocycles. The van der Waals surface area contributed by atoms with Gasteiger partial charge in [0.1, 0.15) is 11.2 Å². The van der Waals surface area contributed by atoms with E-state index in [-0.39, 0.29) is 19.2 Å². The van der Waals surface area contributed by atoms with Crippen molar-refractivity contribution < 1.29 is 33.1 Å². The van der Waals surface area contributed by atoms with Crippen molar-refractivity contribution in [3.63, 3.8) is 0 Å². The Morgan fingerprint density at radius 1 is 1.03 bits per heavy atom. The molecular weight excluding hydrogens is 453 g/mol. The van der Waals surface area contributed by atoms with Crippen LogP contribution in [0.3, 0.4) is 0 Å². The molecule has 1 atom stereocenters. The summed E-state index contributed by atoms with van der Waals surface area (Å²) in [5.74, 6) is 0. The Labute approximate surface area is 209 Å². The topological polar surface area (TPSA) is 101 Å². The van der Waals surface area contributed by atoms with Gasteiger partial charge in [0.15, 0.2) is 0 Å². The van der Waals surface area contributed by atoms with Crippen LogP contribution in [0.25, 0.3) is 0 Å². The van der Waals surface area contributed by atoms with Crippen molar-refractivity contribution >= 4 is 24.9 Å². The second-order valence-electron chi connectivity index (χ2n) is 11.8. The highest BCUT2D eigenvalue weighted by Gasteiger charge is 2.53. The fourth-order valence-corrected chi connectivity index (χ4v) is 3.21. The van der Waals surface area contributed by atoms with E-state index in [9.17, 15) is 9.59 Å². The summed E-state index contributed by atoms with van der Waals surface area (Å²) in [6.45, 7) is 20.8. The van der Waals surface area contributed by atoms with Crippen LogP contribution in [0.4, 0.5) is 9.59 Å². The molecule has 0 bridgehead atoms. The van der Waals surface area contributed by atoms with Gasteiger partial charge in [0.05, 0.1) is 42.6 Å². The number of hydrogen-bond donors (Lipinski definition) is 0. The highest BCUT2D eigenvalue weighted by Crippen LogP contribution is 2.36. The van der Waals surface area contributed by atoms with Gasteiger partial charge in [-0.15, -0.1) is 0 Å². The van der Waals surface area contributed by atoms with E-state index in [1.807, 2.05) is 45.4 Å². The summed E-state index contributed by atoms with van der Waals surface area (Å²) >= 11 is 0. The molecule has 1 aliphatic heterocycles. The van der Waals surface area contributed by atoms with E-state index in [0.29, 0.717) is 6.61 Å². The van der Waals surface area contributed by atoms with Gasteiger partial charge in [0, 0.05) is 6.20 Å². The first-order chi connectivity index (χ1) is 15.8. The number of hydrogen-bond acceptors (Lipinski definition) is 8. The highest BCUT2D eigenvalue weighted by molar-refractivity contribution is 6.61. The van der Waals surface area contributed by atoms with E-state index in [1.165, 1.54) is 0 Å². The van der Waals surface area contributed by atoms with Crippen LogP contribution in [0.1, 0.15) is 82.2 Å². The Bertz CT molecular complexity index is 842. The molecule has 198 valence electrons. The summed E-state index contributed by atoms with van der Waals surface area (Å²) in [6.07, 6.45) is 0.140. The third kappa shape index (κ3) is 7.95. The lowest BCUT2D eigenvalue weighted by molar-refractivity contribution is -0.00573. The standard InChI is InChI=1S/C24H42BN3O7/c1-17(28-18(12-13-26-28)25-34-23(8,9)24(10,11)35-25)16-31-15-14-27(19(29)32-21(2,3)4)20(30)33-22(5,6)7/h12-13,17H,14-16H2,1-11H3/t17-/m1/s1. The van der Waals surface area contributed by atoms with Gasteiger partial charge in [-0.05, 0) is 82.2 Å². The second kappa shape index (κ2) is 10.5. The molecule has 2 heterocycles. The van der Waals surface area contributed by atoms with E-state index in [0.717, 1.165) is 10.5 Å². The summed E-state index contributed by atoms with van der Waals surface area (Å²) < 4.78 is 30.7. The molecule has 1 aliphatic rings. The van der Waals surface area contributed by atoms with Crippen LogP contribution in [0.5, 0.6) is 0 Å². The maximum atomic E-state index is 12.6. The Hall–Kier alpha value is -2.11. The van der Waals surface area contributed by atoms with Crippen molar-refractivity contribution in [2.24, 2.45) is 0 Å². The fourth-order valence-electron chi connectivity index (χ4n) is 3.21. The van der Waals surface area contributed by atoms with E-state index in [4.69, 9.17) is 23.5 Å². The van der Waals surface area contributed by atoms with E-state index in [1.54, 1.807) is 47.7 Å². The average Bonchev–Trinajstić information content (AvgIpc) is 3.20. The van der Waals surface area contributed by atoms with Crippen molar-refractivity contribution in [3.05, 3.63) is 12.3 Å². The van der Waals surface area contributed by atoms with Crippen LogP contribution in [0, 0.1) is 0 Å². The number of carbonyl (C=O) groups excluding carboxylic acids is 2. The summed E-state index contributed by atoms with van der Waals surface area (Å²) in [6, 6.07) is 1.72. The Morgan fingerprint density at radius 3 is 1.97 bits per heavy atom. The number of ether oxygens (including phenoxy) is 3. The van der Waals surface area contributed by atoms with Gasteiger partial charge in [-0.25, -0.2) is 14.5 Å². The van der Waals surface area contributed by atoms with Crippen LogP contribution in [0.15, 0.2) is 12.3 Å². The maximum Gasteiger partial charge on any atom is 0.514 e. The van der Waals surface area contributed by atoms with Gasteiger partial charge in [-0.1, -0.05) is 0 Å². The van der Waals surface area contributed by atoms with Gasteiger partial charge in [0.2, 0.25) is 0 Å². The van der Waals surface area contributed by atoms with Crippen LogP contribution < -0.4 is 5.59 Å². The minimum atomic E-state index is -0.779. The molecule has 0 saturated carbocycles. The summed E-state index contributed by atoms with van der Waals surface area (Å²) in [7, 11) is -0.542. The predicted molar refractivity (Wildman–Crippen MR) is 133 cm³/mol. The molecule has 0 aliphatic carbocycles. The second-order valence-corrected chi connectivity index (χ2v) is 11.8. The Morgan fingerprint density at radius 2 is 1.51 bits per heavy atom. The number of imide groups is 1. The molecule has 10 nitrogen and oxygen atoms in total.